The molecule has 0 fully saturated rings. The lowest BCUT2D eigenvalue weighted by Gasteiger charge is -2.32. The van der Waals surface area contributed by atoms with E-state index in [9.17, 15) is 9.59 Å². The van der Waals surface area contributed by atoms with Gasteiger partial charge in [-0.15, -0.1) is 0 Å². The molecule has 8 heteroatoms. The van der Waals surface area contributed by atoms with Crippen LogP contribution in [0.15, 0.2) is 6.20 Å². The van der Waals surface area contributed by atoms with Crippen LogP contribution in [-0.4, -0.2) is 48.1 Å². The van der Waals surface area contributed by atoms with Gasteiger partial charge >= 0.3 is 5.97 Å². The highest BCUT2D eigenvalue weighted by atomic mass is 16.5. The molecule has 108 valence electrons. The van der Waals surface area contributed by atoms with Gasteiger partial charge in [-0.05, 0) is 13.8 Å². The van der Waals surface area contributed by atoms with Gasteiger partial charge in [-0.3, -0.25) is 9.69 Å². The van der Waals surface area contributed by atoms with Gasteiger partial charge in [0.15, 0.2) is 5.82 Å². The number of carbonyl (C=O) groups excluding carboxylic acids is 2. The van der Waals surface area contributed by atoms with Gasteiger partial charge in [-0.25, -0.2) is 9.78 Å². The number of amides is 1. The van der Waals surface area contributed by atoms with Crippen LogP contribution in [0.1, 0.15) is 13.8 Å². The fourth-order valence-electron chi connectivity index (χ4n) is 1.98. The molecule has 0 spiro atoms. The Bertz CT molecular complexity index is 534. The molecule has 1 aromatic heterocycles. The van der Waals surface area contributed by atoms with Crippen molar-refractivity contribution in [1.82, 2.24) is 9.97 Å². The quantitative estimate of drug-likeness (QED) is 0.601. The average molecular weight is 279 g/mol. The van der Waals surface area contributed by atoms with Gasteiger partial charge < -0.3 is 15.4 Å². The Balaban J connectivity index is 2.40. The van der Waals surface area contributed by atoms with E-state index in [4.69, 9.17) is 0 Å². The highest BCUT2D eigenvalue weighted by Crippen LogP contribution is 2.29. The van der Waals surface area contributed by atoms with E-state index in [-0.39, 0.29) is 5.91 Å². The third-order valence-electron chi connectivity index (χ3n) is 2.93. The lowest BCUT2D eigenvalue weighted by molar-refractivity contribution is -0.144. The molecule has 0 radical (unpaired) electrons. The summed E-state index contributed by atoms with van der Waals surface area (Å²) >= 11 is 0. The van der Waals surface area contributed by atoms with Gasteiger partial charge in [0.05, 0.1) is 19.0 Å². The summed E-state index contributed by atoms with van der Waals surface area (Å²) < 4.78 is 4.63. The number of esters is 1. The number of aromatic nitrogens is 2. The lowest BCUT2D eigenvalue weighted by atomic mass is 10.2. The van der Waals surface area contributed by atoms with Gasteiger partial charge in [0, 0.05) is 13.1 Å². The van der Waals surface area contributed by atoms with Crippen LogP contribution in [0.25, 0.3) is 0 Å². The third-order valence-corrected chi connectivity index (χ3v) is 2.93. The number of nitrogens with zero attached hydrogens (tertiary/aromatic N) is 3. The number of anilines is 3. The Hall–Kier alpha value is -2.38. The number of fused-ring (bicyclic) bond motifs is 1. The zero-order chi connectivity index (χ0) is 14.7. The maximum absolute atomic E-state index is 12.3. The molecule has 0 bridgehead atoms. The average Bonchev–Trinajstić information content (AvgIpc) is 2.46. The first-order chi connectivity index (χ1) is 9.62. The Kier molecular flexibility index (Phi) is 4.02. The molecular weight excluding hydrogens is 262 g/mol. The fourth-order valence-corrected chi connectivity index (χ4v) is 1.98. The standard InChI is InChI=1S/C12H17N5O3/c1-4-13-12-14-6-7-9(16-12)17(5-2)10(18)8(15-7)11(19)20-3/h6,8,15H,4-5H2,1-3H3,(H,13,14,16)/t8-/m0/s1. The minimum Gasteiger partial charge on any atom is -0.467 e. The largest absolute Gasteiger partial charge is 0.467 e. The number of carbonyl (C=O) groups is 2. The van der Waals surface area contributed by atoms with E-state index < -0.39 is 12.0 Å². The molecule has 1 atom stereocenters. The van der Waals surface area contributed by atoms with Gasteiger partial charge in [0.25, 0.3) is 5.91 Å². The predicted octanol–water partition coefficient (Wildman–Crippen LogP) is 0.228. The number of rotatable bonds is 4. The minimum atomic E-state index is -1.05. The molecule has 0 aliphatic carbocycles. The first-order valence-corrected chi connectivity index (χ1v) is 6.39. The summed E-state index contributed by atoms with van der Waals surface area (Å²) in [5, 5.41) is 5.80. The van der Waals surface area contributed by atoms with Crippen molar-refractivity contribution in [2.45, 2.75) is 19.9 Å². The highest BCUT2D eigenvalue weighted by molar-refractivity contribution is 6.14. The molecular formula is C12H17N5O3. The molecule has 0 saturated heterocycles. The monoisotopic (exact) mass is 279 g/mol. The molecule has 8 nitrogen and oxygen atoms in total. The van der Waals surface area contributed by atoms with E-state index in [0.29, 0.717) is 30.5 Å². The van der Waals surface area contributed by atoms with Crippen molar-refractivity contribution in [3.05, 3.63) is 6.20 Å². The Morgan fingerprint density at radius 1 is 1.55 bits per heavy atom. The van der Waals surface area contributed by atoms with Gasteiger partial charge in [0.2, 0.25) is 12.0 Å². The predicted molar refractivity (Wildman–Crippen MR) is 73.6 cm³/mol. The summed E-state index contributed by atoms with van der Waals surface area (Å²) in [5.41, 5.74) is 0.531. The second-order valence-corrected chi connectivity index (χ2v) is 4.14. The van der Waals surface area contributed by atoms with E-state index in [1.165, 1.54) is 12.0 Å². The van der Waals surface area contributed by atoms with E-state index in [1.54, 1.807) is 6.20 Å². The maximum Gasteiger partial charge on any atom is 0.338 e. The molecule has 1 aliphatic rings. The Labute approximate surface area is 116 Å². The lowest BCUT2D eigenvalue weighted by Crippen LogP contribution is -2.51. The zero-order valence-electron chi connectivity index (χ0n) is 11.6. The number of likely N-dealkylation sites (N-methyl/N-ethyl adjacent to an activating group) is 1. The SMILES string of the molecule is CCNc1ncc2c(n1)N(CC)C(=O)[C@@H](C(=O)OC)N2. The van der Waals surface area contributed by atoms with Gasteiger partial charge in [0.1, 0.15) is 0 Å². The molecule has 0 saturated carbocycles. The highest BCUT2D eigenvalue weighted by Gasteiger charge is 2.38. The van der Waals surface area contributed by atoms with Crippen LogP contribution in [0, 0.1) is 0 Å². The van der Waals surface area contributed by atoms with Crippen LogP contribution in [0.2, 0.25) is 0 Å². The van der Waals surface area contributed by atoms with Crippen molar-refractivity contribution >= 4 is 29.3 Å². The first-order valence-electron chi connectivity index (χ1n) is 6.39. The topological polar surface area (TPSA) is 96.5 Å². The molecule has 1 amide bonds. The summed E-state index contributed by atoms with van der Waals surface area (Å²) in [6, 6.07) is -1.05. The van der Waals surface area contributed by atoms with Crippen molar-refractivity contribution in [3.8, 4) is 0 Å². The smallest absolute Gasteiger partial charge is 0.338 e. The van der Waals surface area contributed by atoms with Gasteiger partial charge in [-0.2, -0.15) is 4.98 Å². The number of methoxy groups -OCH3 is 1. The van der Waals surface area contributed by atoms with Crippen molar-refractivity contribution in [2.75, 3.05) is 35.7 Å². The van der Waals surface area contributed by atoms with Gasteiger partial charge in [-0.1, -0.05) is 0 Å². The normalized spacial score (nSPS) is 17.2. The summed E-state index contributed by atoms with van der Waals surface area (Å²) in [5.74, 6) is -0.109. The molecule has 1 aromatic rings. The number of hydrogen-bond acceptors (Lipinski definition) is 7. The van der Waals surface area contributed by atoms with E-state index in [2.05, 4.69) is 25.3 Å². The molecule has 20 heavy (non-hydrogen) atoms. The molecule has 0 aromatic carbocycles. The number of ether oxygens (including phenoxy) is 1. The van der Waals surface area contributed by atoms with E-state index in [1.807, 2.05) is 13.8 Å². The number of hydrogen-bond donors (Lipinski definition) is 2. The molecule has 2 rings (SSSR count). The van der Waals surface area contributed by atoms with Crippen LogP contribution in [0.5, 0.6) is 0 Å². The second-order valence-electron chi connectivity index (χ2n) is 4.14. The summed E-state index contributed by atoms with van der Waals surface area (Å²) in [6.07, 6.45) is 1.55. The summed E-state index contributed by atoms with van der Waals surface area (Å²) in [6.45, 7) is 4.83. The summed E-state index contributed by atoms with van der Waals surface area (Å²) in [7, 11) is 1.24. The van der Waals surface area contributed by atoms with E-state index in [0.717, 1.165) is 0 Å². The number of nitrogens with one attached hydrogen (secondary N) is 2. The summed E-state index contributed by atoms with van der Waals surface area (Å²) in [4.78, 5) is 33.8. The first kappa shape index (κ1) is 14.0. The van der Waals surface area contributed by atoms with Crippen molar-refractivity contribution in [3.63, 3.8) is 0 Å². The Morgan fingerprint density at radius 2 is 2.30 bits per heavy atom. The van der Waals surface area contributed by atoms with Crippen molar-refractivity contribution in [1.29, 1.82) is 0 Å². The zero-order valence-corrected chi connectivity index (χ0v) is 11.6. The fraction of sp³-hybridized carbons (Fsp3) is 0.500. The van der Waals surface area contributed by atoms with Crippen LogP contribution in [0.4, 0.5) is 17.5 Å². The van der Waals surface area contributed by atoms with Crippen LogP contribution < -0.4 is 15.5 Å². The third kappa shape index (κ3) is 2.36. The molecule has 1 aliphatic heterocycles. The molecule has 0 unspecified atom stereocenters. The van der Waals surface area contributed by atoms with Crippen molar-refractivity contribution < 1.29 is 14.3 Å². The maximum atomic E-state index is 12.3. The van der Waals surface area contributed by atoms with Crippen LogP contribution >= 0.6 is 0 Å². The van der Waals surface area contributed by atoms with Crippen LogP contribution in [-0.2, 0) is 14.3 Å². The minimum absolute atomic E-state index is 0.381. The van der Waals surface area contributed by atoms with Crippen molar-refractivity contribution in [2.24, 2.45) is 0 Å². The van der Waals surface area contributed by atoms with E-state index >= 15 is 0 Å². The molecule has 2 heterocycles. The Morgan fingerprint density at radius 3 is 2.90 bits per heavy atom. The molecule has 2 N–H and O–H groups in total. The van der Waals surface area contributed by atoms with Crippen LogP contribution in [0.3, 0.4) is 0 Å². The second kappa shape index (κ2) is 5.72.